The lowest BCUT2D eigenvalue weighted by Gasteiger charge is -2.18. The van der Waals surface area contributed by atoms with Crippen molar-refractivity contribution >= 4 is 58.2 Å². The number of carbonyl (C=O) groups is 3. The average molecular weight is 562 g/mol. The Morgan fingerprint density at radius 2 is 1.59 bits per heavy atom. The maximum Gasteiger partial charge on any atom is 0.335 e. The molecule has 3 N–H and O–H groups in total. The molecule has 0 radical (unpaired) electrons. The summed E-state index contributed by atoms with van der Waals surface area (Å²) < 4.78 is 0. The summed E-state index contributed by atoms with van der Waals surface area (Å²) in [5, 5.41) is 25.2. The van der Waals surface area contributed by atoms with Crippen molar-refractivity contribution in [3.8, 4) is 0 Å². The predicted octanol–water partition coefficient (Wildman–Crippen LogP) is 6.67. The summed E-state index contributed by atoms with van der Waals surface area (Å²) in [7, 11) is 0. The first kappa shape index (κ1) is 27.4. The number of carbonyl (C=O) groups excluding carboxylic acids is 2. The molecular formula is C28H20ClN3O6S. The lowest BCUT2D eigenvalue weighted by Crippen LogP contribution is -2.19. The van der Waals surface area contributed by atoms with Crippen LogP contribution in [0.2, 0.25) is 5.02 Å². The molecule has 4 aromatic carbocycles. The highest BCUT2D eigenvalue weighted by Crippen LogP contribution is 2.38. The summed E-state index contributed by atoms with van der Waals surface area (Å²) in [6, 6.07) is 25.2. The molecule has 0 aliphatic heterocycles. The van der Waals surface area contributed by atoms with Gasteiger partial charge in [-0.2, -0.15) is 0 Å². The molecular weight excluding hydrogens is 542 g/mol. The summed E-state index contributed by atoms with van der Waals surface area (Å²) in [5.74, 6) is -2.10. The zero-order valence-corrected chi connectivity index (χ0v) is 21.6. The molecule has 0 aliphatic carbocycles. The molecule has 39 heavy (non-hydrogen) atoms. The molecule has 0 saturated heterocycles. The van der Waals surface area contributed by atoms with Crippen LogP contribution in [0.3, 0.4) is 0 Å². The first-order valence-corrected chi connectivity index (χ1v) is 12.7. The molecule has 0 bridgehead atoms. The van der Waals surface area contributed by atoms with Gasteiger partial charge in [0.15, 0.2) is 0 Å². The second kappa shape index (κ2) is 12.2. The molecule has 196 valence electrons. The molecule has 0 aliphatic rings. The molecule has 0 spiro atoms. The summed E-state index contributed by atoms with van der Waals surface area (Å²) in [6.45, 7) is 0. The second-order valence-corrected chi connectivity index (χ2v) is 9.77. The first-order chi connectivity index (χ1) is 18.7. The Bertz CT molecular complexity index is 1560. The smallest absolute Gasteiger partial charge is 0.335 e. The van der Waals surface area contributed by atoms with E-state index in [-0.39, 0.29) is 27.5 Å². The predicted molar refractivity (Wildman–Crippen MR) is 150 cm³/mol. The number of carboxylic acids is 1. The van der Waals surface area contributed by atoms with Crippen LogP contribution in [0, 0.1) is 10.1 Å². The molecule has 2 amide bonds. The van der Waals surface area contributed by atoms with E-state index in [0.29, 0.717) is 16.1 Å². The molecule has 0 saturated carbocycles. The first-order valence-electron chi connectivity index (χ1n) is 11.4. The van der Waals surface area contributed by atoms with E-state index < -0.39 is 28.0 Å². The highest BCUT2D eigenvalue weighted by molar-refractivity contribution is 8.00. The van der Waals surface area contributed by atoms with Gasteiger partial charge in [0.1, 0.15) is 5.25 Å². The van der Waals surface area contributed by atoms with Crippen molar-refractivity contribution < 1.29 is 24.4 Å². The summed E-state index contributed by atoms with van der Waals surface area (Å²) in [5.41, 5.74) is 1.20. The number of nitrogens with one attached hydrogen (secondary N) is 2. The molecule has 0 fully saturated rings. The van der Waals surface area contributed by atoms with Gasteiger partial charge in [0, 0.05) is 28.3 Å². The van der Waals surface area contributed by atoms with Gasteiger partial charge in [-0.15, -0.1) is 11.8 Å². The number of amides is 2. The maximum absolute atomic E-state index is 13.4. The van der Waals surface area contributed by atoms with E-state index in [2.05, 4.69) is 10.6 Å². The van der Waals surface area contributed by atoms with Crippen molar-refractivity contribution in [3.63, 3.8) is 0 Å². The van der Waals surface area contributed by atoms with Gasteiger partial charge in [-0.1, -0.05) is 54.1 Å². The number of nitrogens with zero attached hydrogens (tertiary/aromatic N) is 1. The third kappa shape index (κ3) is 7.01. The minimum atomic E-state index is -1.15. The number of aromatic carboxylic acids is 1. The van der Waals surface area contributed by atoms with Crippen molar-refractivity contribution in [1.82, 2.24) is 0 Å². The highest BCUT2D eigenvalue weighted by atomic mass is 35.5. The van der Waals surface area contributed by atoms with Gasteiger partial charge in [0.05, 0.1) is 21.2 Å². The Hall–Kier alpha value is -4.67. The number of hydrogen-bond donors (Lipinski definition) is 3. The van der Waals surface area contributed by atoms with E-state index in [1.807, 2.05) is 6.07 Å². The fourth-order valence-electron chi connectivity index (χ4n) is 3.60. The number of benzene rings is 4. The van der Waals surface area contributed by atoms with E-state index in [1.165, 1.54) is 54.2 Å². The molecule has 4 rings (SSSR count). The molecule has 0 heterocycles. The highest BCUT2D eigenvalue weighted by Gasteiger charge is 2.24. The SMILES string of the molecule is O=C(O)c1ccc(Cl)c(NC(=O)C(Sc2cccc(NC(=O)c3cccc([N+](=O)[O-])c3)c2)c2ccccc2)c1. The van der Waals surface area contributed by atoms with Crippen LogP contribution < -0.4 is 10.6 Å². The molecule has 0 aromatic heterocycles. The monoisotopic (exact) mass is 561 g/mol. The minimum absolute atomic E-state index is 0.0224. The number of hydrogen-bond acceptors (Lipinski definition) is 6. The van der Waals surface area contributed by atoms with Gasteiger partial charge < -0.3 is 15.7 Å². The van der Waals surface area contributed by atoms with E-state index in [1.54, 1.807) is 48.5 Å². The van der Waals surface area contributed by atoms with E-state index in [9.17, 15) is 29.6 Å². The zero-order chi connectivity index (χ0) is 27.9. The Balaban J connectivity index is 1.57. The van der Waals surface area contributed by atoms with E-state index in [0.717, 1.165) is 0 Å². The third-order valence-corrected chi connectivity index (χ3v) is 7.05. The van der Waals surface area contributed by atoms with Crippen molar-refractivity contribution in [2.24, 2.45) is 0 Å². The molecule has 9 nitrogen and oxygen atoms in total. The minimum Gasteiger partial charge on any atom is -0.478 e. The van der Waals surface area contributed by atoms with Crippen molar-refractivity contribution in [2.75, 3.05) is 10.6 Å². The van der Waals surface area contributed by atoms with Crippen molar-refractivity contribution in [3.05, 3.63) is 129 Å². The quantitative estimate of drug-likeness (QED) is 0.118. The van der Waals surface area contributed by atoms with Crippen LogP contribution in [-0.2, 0) is 4.79 Å². The van der Waals surface area contributed by atoms with Gasteiger partial charge in [-0.25, -0.2) is 4.79 Å². The lowest BCUT2D eigenvalue weighted by molar-refractivity contribution is -0.384. The fourth-order valence-corrected chi connectivity index (χ4v) is 4.85. The molecule has 11 heteroatoms. The largest absolute Gasteiger partial charge is 0.478 e. The second-order valence-electron chi connectivity index (χ2n) is 8.19. The third-order valence-electron chi connectivity index (χ3n) is 5.48. The van der Waals surface area contributed by atoms with Crippen LogP contribution in [0.1, 0.15) is 31.5 Å². The normalized spacial score (nSPS) is 11.3. The van der Waals surface area contributed by atoms with Gasteiger partial charge in [0.2, 0.25) is 5.91 Å². The number of thioether (sulfide) groups is 1. The fraction of sp³-hybridized carbons (Fsp3) is 0.0357. The van der Waals surface area contributed by atoms with Crippen LogP contribution in [0.25, 0.3) is 0 Å². The van der Waals surface area contributed by atoms with E-state index in [4.69, 9.17) is 11.6 Å². The van der Waals surface area contributed by atoms with Gasteiger partial charge in [0.25, 0.3) is 11.6 Å². The number of anilines is 2. The molecule has 4 aromatic rings. The topological polar surface area (TPSA) is 139 Å². The maximum atomic E-state index is 13.4. The number of non-ortho nitro benzene ring substituents is 1. The van der Waals surface area contributed by atoms with Crippen LogP contribution in [0.15, 0.2) is 102 Å². The number of nitro groups is 1. The Morgan fingerprint density at radius 1 is 0.846 bits per heavy atom. The van der Waals surface area contributed by atoms with Gasteiger partial charge in [-0.05, 0) is 48.0 Å². The number of nitro benzene ring substituents is 1. The van der Waals surface area contributed by atoms with Crippen molar-refractivity contribution in [2.45, 2.75) is 10.1 Å². The van der Waals surface area contributed by atoms with Crippen LogP contribution in [-0.4, -0.2) is 27.8 Å². The Morgan fingerprint density at radius 3 is 2.31 bits per heavy atom. The average Bonchev–Trinajstić information content (AvgIpc) is 2.93. The van der Waals surface area contributed by atoms with Gasteiger partial charge in [-0.3, -0.25) is 19.7 Å². The van der Waals surface area contributed by atoms with Crippen molar-refractivity contribution in [1.29, 1.82) is 0 Å². The standard InChI is InChI=1S/C28H20ClN3O6S/c29-23-13-12-19(28(35)36)15-24(23)31-27(34)25(17-6-2-1-3-7-17)39-22-11-5-9-20(16-22)30-26(33)18-8-4-10-21(14-18)32(37)38/h1-16,25H,(H,30,33)(H,31,34)(H,35,36). The number of carboxylic acid groups (broad SMARTS) is 1. The Kier molecular flexibility index (Phi) is 8.60. The number of halogens is 1. The molecule has 1 unspecified atom stereocenters. The van der Waals surface area contributed by atoms with Gasteiger partial charge >= 0.3 is 5.97 Å². The summed E-state index contributed by atoms with van der Waals surface area (Å²) >= 11 is 7.43. The Labute approximate surface area is 232 Å². The summed E-state index contributed by atoms with van der Waals surface area (Å²) in [4.78, 5) is 48.6. The summed E-state index contributed by atoms with van der Waals surface area (Å²) in [6.07, 6.45) is 0. The van der Waals surface area contributed by atoms with Crippen LogP contribution >= 0.6 is 23.4 Å². The molecule has 1 atom stereocenters. The lowest BCUT2D eigenvalue weighted by atomic mass is 10.1. The van der Waals surface area contributed by atoms with Crippen LogP contribution in [0.5, 0.6) is 0 Å². The van der Waals surface area contributed by atoms with E-state index >= 15 is 0 Å². The number of rotatable bonds is 9. The van der Waals surface area contributed by atoms with Crippen LogP contribution in [0.4, 0.5) is 17.1 Å². The zero-order valence-electron chi connectivity index (χ0n) is 20.0.